The van der Waals surface area contributed by atoms with Gasteiger partial charge in [-0.1, -0.05) is 11.6 Å². The molecule has 1 aromatic heterocycles. The van der Waals surface area contributed by atoms with Gasteiger partial charge in [0.15, 0.2) is 0 Å². The van der Waals surface area contributed by atoms with Crippen molar-refractivity contribution >= 4 is 24.0 Å². The van der Waals surface area contributed by atoms with E-state index in [1.165, 1.54) is 0 Å². The Balaban J connectivity index is 0.00000162. The molecule has 0 fully saturated rings. The number of hydrogen-bond donors (Lipinski definition) is 2. The molecule has 98 valence electrons. The molecule has 0 saturated carbocycles. The van der Waals surface area contributed by atoms with E-state index in [4.69, 9.17) is 21.1 Å². The van der Waals surface area contributed by atoms with E-state index < -0.39 is 0 Å². The van der Waals surface area contributed by atoms with Gasteiger partial charge in [0.1, 0.15) is 11.5 Å². The minimum Gasteiger partial charge on any atom is -0.460 e. The predicted octanol–water partition coefficient (Wildman–Crippen LogP) is 3.10. The third-order valence-electron chi connectivity index (χ3n) is 2.38. The topological polar surface area (TPSA) is 45.4 Å². The third-order valence-corrected chi connectivity index (χ3v) is 2.63. The Kier molecular flexibility index (Phi) is 6.22. The lowest BCUT2D eigenvalue weighted by Gasteiger charge is -1.99. The molecule has 0 aliphatic carbocycles. The Labute approximate surface area is 117 Å². The van der Waals surface area contributed by atoms with Gasteiger partial charge in [-0.2, -0.15) is 0 Å². The van der Waals surface area contributed by atoms with Crippen molar-refractivity contribution in [1.29, 1.82) is 0 Å². The summed E-state index contributed by atoms with van der Waals surface area (Å²) in [4.78, 5) is 0. The second-order valence-corrected chi connectivity index (χ2v) is 4.11. The maximum absolute atomic E-state index is 8.65. The molecule has 0 amide bonds. The van der Waals surface area contributed by atoms with Gasteiger partial charge < -0.3 is 14.8 Å². The molecular weight excluding hydrogens is 273 g/mol. The lowest BCUT2D eigenvalue weighted by atomic mass is 10.2. The zero-order valence-electron chi connectivity index (χ0n) is 9.73. The molecule has 18 heavy (non-hydrogen) atoms. The maximum atomic E-state index is 8.65. The van der Waals surface area contributed by atoms with E-state index in [-0.39, 0.29) is 19.0 Å². The van der Waals surface area contributed by atoms with E-state index in [1.54, 1.807) is 0 Å². The van der Waals surface area contributed by atoms with E-state index in [1.807, 2.05) is 36.4 Å². The quantitative estimate of drug-likeness (QED) is 0.831. The van der Waals surface area contributed by atoms with E-state index in [9.17, 15) is 0 Å². The first-order valence-electron chi connectivity index (χ1n) is 5.46. The molecule has 0 radical (unpaired) electrons. The second-order valence-electron chi connectivity index (χ2n) is 3.67. The van der Waals surface area contributed by atoms with Gasteiger partial charge in [0, 0.05) is 17.1 Å². The fourth-order valence-corrected chi connectivity index (χ4v) is 1.66. The van der Waals surface area contributed by atoms with E-state index in [0.29, 0.717) is 18.1 Å². The number of benzene rings is 1. The van der Waals surface area contributed by atoms with Gasteiger partial charge in [0.25, 0.3) is 0 Å². The van der Waals surface area contributed by atoms with Crippen LogP contribution in [0.25, 0.3) is 11.3 Å². The standard InChI is InChI=1S/C13H14ClNO2.ClH/c14-11-3-1-10(2-4-11)13-6-5-12(17-13)9-15-7-8-16;/h1-6,15-16H,7-9H2;1H. The van der Waals surface area contributed by atoms with Crippen molar-refractivity contribution in [3.8, 4) is 11.3 Å². The first-order valence-corrected chi connectivity index (χ1v) is 5.83. The highest BCUT2D eigenvalue weighted by Gasteiger charge is 2.04. The lowest BCUT2D eigenvalue weighted by molar-refractivity contribution is 0.290. The molecule has 0 bridgehead atoms. The Morgan fingerprint density at radius 3 is 2.50 bits per heavy atom. The summed E-state index contributed by atoms with van der Waals surface area (Å²) < 4.78 is 5.67. The summed E-state index contributed by atoms with van der Waals surface area (Å²) in [5.74, 6) is 1.67. The zero-order chi connectivity index (χ0) is 12.1. The average Bonchev–Trinajstić information content (AvgIpc) is 2.79. The number of halogens is 2. The molecule has 0 aliphatic heterocycles. The summed E-state index contributed by atoms with van der Waals surface area (Å²) in [7, 11) is 0. The molecule has 0 spiro atoms. The monoisotopic (exact) mass is 287 g/mol. The van der Waals surface area contributed by atoms with Crippen LogP contribution in [-0.4, -0.2) is 18.3 Å². The molecule has 2 N–H and O–H groups in total. The van der Waals surface area contributed by atoms with Crippen molar-refractivity contribution in [2.45, 2.75) is 6.54 Å². The van der Waals surface area contributed by atoms with Crippen LogP contribution in [0.2, 0.25) is 5.02 Å². The molecule has 0 atom stereocenters. The largest absolute Gasteiger partial charge is 0.460 e. The fourth-order valence-electron chi connectivity index (χ4n) is 1.53. The van der Waals surface area contributed by atoms with Crippen LogP contribution in [0, 0.1) is 0 Å². The number of aliphatic hydroxyl groups excluding tert-OH is 1. The highest BCUT2D eigenvalue weighted by atomic mass is 35.5. The van der Waals surface area contributed by atoms with Crippen LogP contribution in [-0.2, 0) is 6.54 Å². The van der Waals surface area contributed by atoms with Crippen molar-refractivity contribution in [3.05, 3.63) is 47.2 Å². The molecule has 2 rings (SSSR count). The minimum atomic E-state index is 0. The number of rotatable bonds is 5. The summed E-state index contributed by atoms with van der Waals surface area (Å²) in [6.45, 7) is 1.32. The molecule has 5 heteroatoms. The highest BCUT2D eigenvalue weighted by molar-refractivity contribution is 6.30. The van der Waals surface area contributed by atoms with Crippen molar-refractivity contribution in [2.24, 2.45) is 0 Å². The predicted molar refractivity (Wildman–Crippen MR) is 75.2 cm³/mol. The normalized spacial score (nSPS) is 10.1. The maximum Gasteiger partial charge on any atom is 0.134 e. The molecule has 0 saturated heterocycles. The summed E-state index contributed by atoms with van der Waals surface area (Å²) in [5, 5.41) is 12.4. The number of aliphatic hydroxyl groups is 1. The molecule has 1 heterocycles. The van der Waals surface area contributed by atoms with Crippen molar-refractivity contribution in [3.63, 3.8) is 0 Å². The van der Waals surface area contributed by atoms with Crippen LogP contribution >= 0.6 is 24.0 Å². The van der Waals surface area contributed by atoms with Crippen molar-refractivity contribution in [2.75, 3.05) is 13.2 Å². The van der Waals surface area contributed by atoms with Gasteiger partial charge in [0.05, 0.1) is 13.2 Å². The van der Waals surface area contributed by atoms with Crippen molar-refractivity contribution in [1.82, 2.24) is 5.32 Å². The number of hydrogen-bond acceptors (Lipinski definition) is 3. The summed E-state index contributed by atoms with van der Waals surface area (Å²) in [5.41, 5.74) is 1.00. The van der Waals surface area contributed by atoms with Gasteiger partial charge in [-0.05, 0) is 36.4 Å². The minimum absolute atomic E-state index is 0. The van der Waals surface area contributed by atoms with Crippen LogP contribution in [0.1, 0.15) is 5.76 Å². The Morgan fingerprint density at radius 1 is 1.11 bits per heavy atom. The highest BCUT2D eigenvalue weighted by Crippen LogP contribution is 2.23. The molecule has 0 unspecified atom stereocenters. The smallest absolute Gasteiger partial charge is 0.134 e. The zero-order valence-corrected chi connectivity index (χ0v) is 11.3. The first kappa shape index (κ1) is 15.1. The van der Waals surface area contributed by atoms with Gasteiger partial charge in [-0.25, -0.2) is 0 Å². The number of nitrogens with one attached hydrogen (secondary N) is 1. The second kappa shape index (κ2) is 7.44. The van der Waals surface area contributed by atoms with Crippen molar-refractivity contribution < 1.29 is 9.52 Å². The van der Waals surface area contributed by atoms with Gasteiger partial charge in [-0.15, -0.1) is 12.4 Å². The average molecular weight is 288 g/mol. The molecule has 2 aromatic rings. The third kappa shape index (κ3) is 4.03. The van der Waals surface area contributed by atoms with E-state index in [0.717, 1.165) is 17.1 Å². The van der Waals surface area contributed by atoms with Crippen LogP contribution < -0.4 is 5.32 Å². The van der Waals surface area contributed by atoms with E-state index in [2.05, 4.69) is 5.32 Å². The van der Waals surface area contributed by atoms with E-state index >= 15 is 0 Å². The Hall–Kier alpha value is -1.00. The molecule has 3 nitrogen and oxygen atoms in total. The Morgan fingerprint density at radius 2 is 1.83 bits per heavy atom. The molecular formula is C13H15Cl2NO2. The van der Waals surface area contributed by atoms with Gasteiger partial charge in [-0.3, -0.25) is 0 Å². The van der Waals surface area contributed by atoms with Gasteiger partial charge in [0.2, 0.25) is 0 Å². The van der Waals surface area contributed by atoms with Gasteiger partial charge >= 0.3 is 0 Å². The lowest BCUT2D eigenvalue weighted by Crippen LogP contribution is -2.16. The van der Waals surface area contributed by atoms with Crippen LogP contribution in [0.15, 0.2) is 40.8 Å². The fraction of sp³-hybridized carbons (Fsp3) is 0.231. The number of furan rings is 1. The van der Waals surface area contributed by atoms with Crippen LogP contribution in [0.3, 0.4) is 0 Å². The summed E-state index contributed by atoms with van der Waals surface area (Å²) in [6, 6.07) is 11.4. The first-order chi connectivity index (χ1) is 8.29. The molecule has 0 aliphatic rings. The molecule has 1 aromatic carbocycles. The SMILES string of the molecule is Cl.OCCNCc1ccc(-c2ccc(Cl)cc2)o1. The summed E-state index contributed by atoms with van der Waals surface area (Å²) >= 11 is 5.82. The Bertz CT molecular complexity index is 468. The summed E-state index contributed by atoms with van der Waals surface area (Å²) in [6.07, 6.45) is 0. The van der Waals surface area contributed by atoms with Crippen LogP contribution in [0.4, 0.5) is 0 Å². The van der Waals surface area contributed by atoms with Crippen LogP contribution in [0.5, 0.6) is 0 Å².